The molecule has 0 spiro atoms. The minimum atomic E-state index is -2.68. The molecule has 5 nitrogen and oxygen atoms in total. The van der Waals surface area contributed by atoms with Gasteiger partial charge < -0.3 is 9.80 Å². The molecule has 1 aromatic heterocycles. The Kier molecular flexibility index (Phi) is 4.50. The number of benzene rings is 2. The Labute approximate surface area is 178 Å². The third-order valence-corrected chi connectivity index (χ3v) is 6.14. The number of carbonyl (C=O) groups is 2. The van der Waals surface area contributed by atoms with Gasteiger partial charge in [0.25, 0.3) is 17.7 Å². The van der Waals surface area contributed by atoms with Crippen LogP contribution in [0, 0.1) is 0 Å². The van der Waals surface area contributed by atoms with Gasteiger partial charge in [-0.25, -0.2) is 8.78 Å². The van der Waals surface area contributed by atoms with Crippen LogP contribution in [0.5, 0.6) is 0 Å². The van der Waals surface area contributed by atoms with Gasteiger partial charge in [-0.2, -0.15) is 0 Å². The minimum Gasteiger partial charge on any atom is -0.338 e. The predicted octanol–water partition coefficient (Wildman–Crippen LogP) is 4.36. The largest absolute Gasteiger partial charge is 0.338 e. The molecule has 7 heteroatoms. The zero-order chi connectivity index (χ0) is 21.8. The number of amides is 2. The second-order valence-electron chi connectivity index (χ2n) is 8.28. The molecule has 0 bridgehead atoms. The summed E-state index contributed by atoms with van der Waals surface area (Å²) < 4.78 is 26.8. The summed E-state index contributed by atoms with van der Waals surface area (Å²) in [6.07, 6.45) is 1.12. The second-order valence-corrected chi connectivity index (χ2v) is 8.28. The van der Waals surface area contributed by atoms with E-state index in [0.29, 0.717) is 17.8 Å². The molecule has 0 aliphatic carbocycles. The Hall–Kier alpha value is -3.35. The van der Waals surface area contributed by atoms with Gasteiger partial charge >= 0.3 is 0 Å². The number of fused-ring (bicyclic) bond motifs is 2. The van der Waals surface area contributed by atoms with Crippen LogP contribution in [0.4, 0.5) is 8.78 Å². The summed E-state index contributed by atoms with van der Waals surface area (Å²) in [4.78, 5) is 32.5. The number of likely N-dealkylation sites (tertiary alicyclic amines) is 1. The van der Waals surface area contributed by atoms with Gasteiger partial charge in [-0.3, -0.25) is 14.6 Å². The van der Waals surface area contributed by atoms with Crippen molar-refractivity contribution in [3.8, 4) is 11.1 Å². The highest BCUT2D eigenvalue weighted by Gasteiger charge is 2.35. The van der Waals surface area contributed by atoms with Gasteiger partial charge in [0.2, 0.25) is 0 Å². The van der Waals surface area contributed by atoms with E-state index in [0.717, 1.165) is 27.5 Å². The molecule has 0 unspecified atom stereocenters. The van der Waals surface area contributed by atoms with Crippen molar-refractivity contribution in [3.63, 3.8) is 0 Å². The maximum atomic E-state index is 13.4. The Morgan fingerprint density at radius 2 is 1.87 bits per heavy atom. The van der Waals surface area contributed by atoms with Crippen LogP contribution in [0.1, 0.15) is 39.3 Å². The topological polar surface area (TPSA) is 53.5 Å². The lowest BCUT2D eigenvalue weighted by atomic mass is 9.96. The van der Waals surface area contributed by atoms with Gasteiger partial charge in [0, 0.05) is 62.4 Å². The number of hydrogen-bond donors (Lipinski definition) is 0. The summed E-state index contributed by atoms with van der Waals surface area (Å²) in [6, 6.07) is 13.3. The molecule has 1 fully saturated rings. The molecule has 0 N–H and O–H groups in total. The van der Waals surface area contributed by atoms with Crippen molar-refractivity contribution >= 4 is 22.6 Å². The van der Waals surface area contributed by atoms with E-state index in [2.05, 4.69) is 4.98 Å². The van der Waals surface area contributed by atoms with E-state index < -0.39 is 5.92 Å². The summed E-state index contributed by atoms with van der Waals surface area (Å²) >= 11 is 0. The highest BCUT2D eigenvalue weighted by Crippen LogP contribution is 2.33. The van der Waals surface area contributed by atoms with Crippen molar-refractivity contribution < 1.29 is 18.4 Å². The number of hydrogen-bond acceptors (Lipinski definition) is 3. The summed E-state index contributed by atoms with van der Waals surface area (Å²) in [5.74, 6) is -2.97. The fourth-order valence-electron chi connectivity index (χ4n) is 4.37. The Morgan fingerprint density at radius 3 is 2.65 bits per heavy atom. The molecule has 3 aromatic rings. The molecular formula is C24H21F2N3O2. The Bertz CT molecular complexity index is 1210. The van der Waals surface area contributed by atoms with Crippen molar-refractivity contribution in [1.82, 2.24) is 14.8 Å². The molecule has 0 atom stereocenters. The maximum absolute atomic E-state index is 13.4. The summed E-state index contributed by atoms with van der Waals surface area (Å²) in [6.45, 7) is 0.670. The van der Waals surface area contributed by atoms with Gasteiger partial charge in [0.15, 0.2) is 0 Å². The number of pyridine rings is 1. The molecule has 1 saturated heterocycles. The highest BCUT2D eigenvalue weighted by atomic mass is 19.3. The Morgan fingerprint density at radius 1 is 1.10 bits per heavy atom. The third-order valence-electron chi connectivity index (χ3n) is 6.14. The van der Waals surface area contributed by atoms with Crippen LogP contribution < -0.4 is 0 Å². The third kappa shape index (κ3) is 3.44. The smallest absolute Gasteiger partial charge is 0.272 e. The van der Waals surface area contributed by atoms with Crippen molar-refractivity contribution in [3.05, 3.63) is 65.5 Å². The zero-order valence-corrected chi connectivity index (χ0v) is 17.1. The lowest BCUT2D eigenvalue weighted by molar-refractivity contribution is -0.0494. The lowest BCUT2D eigenvalue weighted by Crippen LogP contribution is -2.42. The number of nitrogens with zero attached hydrogens (tertiary/aromatic N) is 3. The first kappa shape index (κ1) is 19.6. The van der Waals surface area contributed by atoms with Crippen LogP contribution in [-0.2, 0) is 6.54 Å². The van der Waals surface area contributed by atoms with Crippen molar-refractivity contribution in [2.45, 2.75) is 25.3 Å². The molecule has 2 aliphatic heterocycles. The number of aromatic nitrogens is 1. The molecule has 0 saturated carbocycles. The number of piperidine rings is 1. The van der Waals surface area contributed by atoms with Gasteiger partial charge in [-0.1, -0.05) is 24.3 Å². The summed E-state index contributed by atoms with van der Waals surface area (Å²) in [5.41, 5.74) is 3.76. The average Bonchev–Trinajstić information content (AvgIpc) is 3.05. The summed E-state index contributed by atoms with van der Waals surface area (Å²) in [5, 5.41) is 1.85. The normalized spacial score (nSPS) is 17.8. The fourth-order valence-corrected chi connectivity index (χ4v) is 4.37. The first-order valence-corrected chi connectivity index (χ1v) is 10.3. The molecule has 2 aromatic carbocycles. The van der Waals surface area contributed by atoms with E-state index in [1.165, 1.54) is 4.90 Å². The van der Waals surface area contributed by atoms with Crippen molar-refractivity contribution in [2.75, 3.05) is 20.1 Å². The van der Waals surface area contributed by atoms with Crippen LogP contribution in [-0.4, -0.2) is 52.7 Å². The highest BCUT2D eigenvalue weighted by molar-refractivity contribution is 6.03. The molecule has 0 radical (unpaired) electrons. The molecule has 158 valence electrons. The predicted molar refractivity (Wildman–Crippen MR) is 113 cm³/mol. The first-order chi connectivity index (χ1) is 14.8. The molecule has 2 amide bonds. The van der Waals surface area contributed by atoms with E-state index in [1.54, 1.807) is 24.2 Å². The number of alkyl halides is 2. The first-order valence-electron chi connectivity index (χ1n) is 10.3. The van der Waals surface area contributed by atoms with Crippen molar-refractivity contribution in [2.24, 2.45) is 0 Å². The minimum absolute atomic E-state index is 0.0673. The molecule has 31 heavy (non-hydrogen) atoms. The number of rotatable bonds is 2. The molecular weight excluding hydrogens is 400 g/mol. The zero-order valence-electron chi connectivity index (χ0n) is 17.1. The maximum Gasteiger partial charge on any atom is 0.272 e. The van der Waals surface area contributed by atoms with Gasteiger partial charge in [0.1, 0.15) is 5.69 Å². The van der Waals surface area contributed by atoms with E-state index in [1.807, 2.05) is 36.4 Å². The molecule has 5 rings (SSSR count). The second kappa shape index (κ2) is 7.11. The Balaban J connectivity index is 1.47. The summed E-state index contributed by atoms with van der Waals surface area (Å²) in [7, 11) is 1.75. The SMILES string of the molecule is CN1Cc2cc(-c3cccc4cc(C(=O)N5CCC(F)(F)CC5)ccc34)cnc2C1=O. The molecule has 3 heterocycles. The van der Waals surface area contributed by atoms with Crippen LogP contribution in [0.15, 0.2) is 48.7 Å². The van der Waals surface area contributed by atoms with Crippen LogP contribution >= 0.6 is 0 Å². The van der Waals surface area contributed by atoms with Crippen LogP contribution in [0.3, 0.4) is 0 Å². The van der Waals surface area contributed by atoms with Gasteiger partial charge in [0.05, 0.1) is 0 Å². The van der Waals surface area contributed by atoms with Crippen molar-refractivity contribution in [1.29, 1.82) is 0 Å². The quantitative estimate of drug-likeness (QED) is 0.618. The van der Waals surface area contributed by atoms with Crippen LogP contribution in [0.25, 0.3) is 21.9 Å². The van der Waals surface area contributed by atoms with E-state index in [-0.39, 0.29) is 37.7 Å². The van der Waals surface area contributed by atoms with Gasteiger partial charge in [-0.15, -0.1) is 0 Å². The monoisotopic (exact) mass is 421 g/mol. The average molecular weight is 421 g/mol. The molecule has 2 aliphatic rings. The standard InChI is InChI=1S/C24H21F2N3O2/c1-28-14-18-12-17(13-27-21(18)23(28)31)19-4-2-3-15-11-16(5-6-20(15)19)22(30)29-9-7-24(25,26)8-10-29/h2-6,11-13H,7-10,14H2,1H3. The van der Waals surface area contributed by atoms with E-state index in [9.17, 15) is 18.4 Å². The van der Waals surface area contributed by atoms with Crippen LogP contribution in [0.2, 0.25) is 0 Å². The van der Waals surface area contributed by atoms with E-state index in [4.69, 9.17) is 0 Å². The van der Waals surface area contributed by atoms with E-state index >= 15 is 0 Å². The lowest BCUT2D eigenvalue weighted by Gasteiger charge is -2.31. The van der Waals surface area contributed by atoms with Gasteiger partial charge in [-0.05, 0) is 34.5 Å². The number of carbonyl (C=O) groups excluding carboxylic acids is 2. The number of halogens is 2. The fraction of sp³-hybridized carbons (Fsp3) is 0.292.